The Bertz CT molecular complexity index is 784. The van der Waals surface area contributed by atoms with E-state index in [1.807, 2.05) is 24.3 Å². The van der Waals surface area contributed by atoms with E-state index in [1.54, 1.807) is 12.1 Å². The Balaban J connectivity index is 1.86. The van der Waals surface area contributed by atoms with E-state index < -0.39 is 0 Å². The van der Waals surface area contributed by atoms with Gasteiger partial charge in [0.15, 0.2) is 5.58 Å². The number of halogens is 2. The second kappa shape index (κ2) is 6.57. The average Bonchev–Trinajstić information content (AvgIpc) is 2.92. The topological polar surface area (TPSA) is 64.1 Å². The molecule has 1 aromatic heterocycles. The summed E-state index contributed by atoms with van der Waals surface area (Å²) >= 11 is 12.1. The quantitative estimate of drug-likeness (QED) is 0.670. The smallest absolute Gasteiger partial charge is 0.227 e. The third kappa shape index (κ3) is 3.19. The number of nitrogens with two attached hydrogens (primary N) is 1. The summed E-state index contributed by atoms with van der Waals surface area (Å²) in [6, 6.07) is 11.2. The molecule has 6 heteroatoms. The first kappa shape index (κ1) is 15.2. The standard InChI is InChI=1S/C16H15Cl2N3O/c17-11-8-13(18)15-14(9-11)21-16(22-15)10-2-4-12(5-3-10)20-7-1-6-19/h2-5,8-9,20H,1,6-7,19H2. The largest absolute Gasteiger partial charge is 0.435 e. The number of aromatic nitrogens is 1. The van der Waals surface area contributed by atoms with Crippen molar-refractivity contribution in [3.63, 3.8) is 0 Å². The van der Waals surface area contributed by atoms with Gasteiger partial charge in [0.05, 0.1) is 5.02 Å². The van der Waals surface area contributed by atoms with E-state index in [2.05, 4.69) is 10.3 Å². The van der Waals surface area contributed by atoms with Gasteiger partial charge in [0.2, 0.25) is 5.89 Å². The maximum atomic E-state index is 6.12. The van der Waals surface area contributed by atoms with Gasteiger partial charge in [-0.25, -0.2) is 4.98 Å². The predicted octanol–water partition coefficient (Wildman–Crippen LogP) is 4.56. The zero-order valence-electron chi connectivity index (χ0n) is 11.8. The van der Waals surface area contributed by atoms with E-state index in [1.165, 1.54) is 0 Å². The summed E-state index contributed by atoms with van der Waals surface area (Å²) in [5.41, 5.74) is 8.59. The van der Waals surface area contributed by atoms with Crippen LogP contribution in [0, 0.1) is 0 Å². The molecule has 114 valence electrons. The van der Waals surface area contributed by atoms with E-state index in [0.717, 1.165) is 24.2 Å². The van der Waals surface area contributed by atoms with Crippen LogP contribution in [-0.4, -0.2) is 18.1 Å². The second-order valence-corrected chi connectivity index (χ2v) is 5.74. The molecule has 0 aliphatic rings. The normalized spacial score (nSPS) is 11.0. The third-order valence-electron chi connectivity index (χ3n) is 3.25. The zero-order chi connectivity index (χ0) is 15.5. The molecule has 0 spiro atoms. The van der Waals surface area contributed by atoms with Crippen molar-refractivity contribution in [3.8, 4) is 11.5 Å². The molecule has 0 radical (unpaired) electrons. The molecule has 3 N–H and O–H groups in total. The SMILES string of the molecule is NCCCNc1ccc(-c2nc3cc(Cl)cc(Cl)c3o2)cc1. The Morgan fingerprint density at radius 3 is 2.64 bits per heavy atom. The maximum absolute atomic E-state index is 6.12. The Hall–Kier alpha value is -1.75. The first-order valence-electron chi connectivity index (χ1n) is 6.97. The lowest BCUT2D eigenvalue weighted by Crippen LogP contribution is -2.08. The summed E-state index contributed by atoms with van der Waals surface area (Å²) in [5, 5.41) is 4.30. The van der Waals surface area contributed by atoms with Crippen molar-refractivity contribution in [2.75, 3.05) is 18.4 Å². The Labute approximate surface area is 138 Å². The van der Waals surface area contributed by atoms with Crippen molar-refractivity contribution >= 4 is 40.0 Å². The molecule has 0 saturated heterocycles. The molecule has 0 amide bonds. The lowest BCUT2D eigenvalue weighted by atomic mass is 10.2. The van der Waals surface area contributed by atoms with Crippen molar-refractivity contribution in [1.82, 2.24) is 4.98 Å². The molecule has 0 unspecified atom stereocenters. The molecule has 1 heterocycles. The van der Waals surface area contributed by atoms with E-state index in [0.29, 0.717) is 33.6 Å². The molecule has 22 heavy (non-hydrogen) atoms. The fourth-order valence-electron chi connectivity index (χ4n) is 2.15. The summed E-state index contributed by atoms with van der Waals surface area (Å²) in [7, 11) is 0. The van der Waals surface area contributed by atoms with E-state index in [4.69, 9.17) is 33.4 Å². The number of oxazole rings is 1. The van der Waals surface area contributed by atoms with Gasteiger partial charge in [-0.3, -0.25) is 0 Å². The van der Waals surface area contributed by atoms with Gasteiger partial charge in [0, 0.05) is 22.8 Å². The first-order chi connectivity index (χ1) is 10.7. The monoisotopic (exact) mass is 335 g/mol. The lowest BCUT2D eigenvalue weighted by Gasteiger charge is -2.05. The summed E-state index contributed by atoms with van der Waals surface area (Å²) in [5.74, 6) is 0.521. The van der Waals surface area contributed by atoms with Gasteiger partial charge in [-0.1, -0.05) is 23.2 Å². The predicted molar refractivity (Wildman–Crippen MR) is 91.6 cm³/mol. The molecular weight excluding hydrogens is 321 g/mol. The maximum Gasteiger partial charge on any atom is 0.227 e. The summed E-state index contributed by atoms with van der Waals surface area (Å²) in [6.45, 7) is 1.53. The van der Waals surface area contributed by atoms with Crippen LogP contribution in [0.4, 0.5) is 5.69 Å². The van der Waals surface area contributed by atoms with Gasteiger partial charge in [0.1, 0.15) is 5.52 Å². The fourth-order valence-corrected chi connectivity index (χ4v) is 2.67. The van der Waals surface area contributed by atoms with Crippen LogP contribution in [0.1, 0.15) is 6.42 Å². The number of fused-ring (bicyclic) bond motifs is 1. The molecule has 3 aromatic rings. The summed E-state index contributed by atoms with van der Waals surface area (Å²) in [4.78, 5) is 4.44. The highest BCUT2D eigenvalue weighted by Gasteiger charge is 2.12. The second-order valence-electron chi connectivity index (χ2n) is 4.90. The molecule has 2 aromatic carbocycles. The number of nitrogens with one attached hydrogen (secondary N) is 1. The highest BCUT2D eigenvalue weighted by molar-refractivity contribution is 6.38. The van der Waals surface area contributed by atoms with Crippen LogP contribution < -0.4 is 11.1 Å². The van der Waals surface area contributed by atoms with Gasteiger partial charge in [-0.15, -0.1) is 0 Å². The van der Waals surface area contributed by atoms with Crippen molar-refractivity contribution in [2.24, 2.45) is 5.73 Å². The van der Waals surface area contributed by atoms with Crippen molar-refractivity contribution in [1.29, 1.82) is 0 Å². The Morgan fingerprint density at radius 1 is 1.14 bits per heavy atom. The molecule has 0 saturated carbocycles. The number of hydrogen-bond donors (Lipinski definition) is 2. The number of benzene rings is 2. The summed E-state index contributed by atoms with van der Waals surface area (Å²) < 4.78 is 5.74. The van der Waals surface area contributed by atoms with E-state index in [9.17, 15) is 0 Å². The molecule has 0 bridgehead atoms. The summed E-state index contributed by atoms with van der Waals surface area (Å²) in [6.07, 6.45) is 0.937. The zero-order valence-corrected chi connectivity index (χ0v) is 13.3. The van der Waals surface area contributed by atoms with Gasteiger partial charge in [-0.2, -0.15) is 0 Å². The average molecular weight is 336 g/mol. The molecule has 0 atom stereocenters. The highest BCUT2D eigenvalue weighted by atomic mass is 35.5. The van der Waals surface area contributed by atoms with Gasteiger partial charge < -0.3 is 15.5 Å². The molecule has 0 aliphatic heterocycles. The number of hydrogen-bond acceptors (Lipinski definition) is 4. The minimum Gasteiger partial charge on any atom is -0.435 e. The lowest BCUT2D eigenvalue weighted by molar-refractivity contribution is 0.620. The number of nitrogens with zero attached hydrogens (tertiary/aromatic N) is 1. The van der Waals surface area contributed by atoms with E-state index in [-0.39, 0.29) is 0 Å². The Kier molecular flexibility index (Phi) is 4.52. The Morgan fingerprint density at radius 2 is 1.91 bits per heavy atom. The molecule has 0 aliphatic carbocycles. The van der Waals surface area contributed by atoms with Gasteiger partial charge in [-0.05, 0) is 49.4 Å². The first-order valence-corrected chi connectivity index (χ1v) is 7.73. The van der Waals surface area contributed by atoms with Crippen molar-refractivity contribution in [3.05, 3.63) is 46.4 Å². The third-order valence-corrected chi connectivity index (χ3v) is 3.75. The van der Waals surface area contributed by atoms with Crippen LogP contribution in [0.5, 0.6) is 0 Å². The minimum absolute atomic E-state index is 0.460. The molecule has 0 fully saturated rings. The van der Waals surface area contributed by atoms with E-state index >= 15 is 0 Å². The van der Waals surface area contributed by atoms with Crippen LogP contribution in [0.15, 0.2) is 40.8 Å². The molecule has 4 nitrogen and oxygen atoms in total. The van der Waals surface area contributed by atoms with Crippen LogP contribution in [0.25, 0.3) is 22.6 Å². The number of anilines is 1. The highest BCUT2D eigenvalue weighted by Crippen LogP contribution is 2.32. The van der Waals surface area contributed by atoms with Crippen molar-refractivity contribution in [2.45, 2.75) is 6.42 Å². The van der Waals surface area contributed by atoms with Crippen LogP contribution in [0.3, 0.4) is 0 Å². The van der Waals surface area contributed by atoms with Gasteiger partial charge in [0.25, 0.3) is 0 Å². The minimum atomic E-state index is 0.460. The van der Waals surface area contributed by atoms with Crippen LogP contribution in [-0.2, 0) is 0 Å². The van der Waals surface area contributed by atoms with Gasteiger partial charge >= 0.3 is 0 Å². The number of rotatable bonds is 5. The fraction of sp³-hybridized carbons (Fsp3) is 0.188. The molecular formula is C16H15Cl2N3O. The van der Waals surface area contributed by atoms with Crippen LogP contribution in [0.2, 0.25) is 10.0 Å². The van der Waals surface area contributed by atoms with Crippen LogP contribution >= 0.6 is 23.2 Å². The molecule has 3 rings (SSSR count). The van der Waals surface area contributed by atoms with Crippen molar-refractivity contribution < 1.29 is 4.42 Å².